The molecule has 0 radical (unpaired) electrons. The van der Waals surface area contributed by atoms with Crippen molar-refractivity contribution in [2.24, 2.45) is 0 Å². The highest BCUT2D eigenvalue weighted by molar-refractivity contribution is 14.1. The van der Waals surface area contributed by atoms with Gasteiger partial charge in [0, 0.05) is 10.6 Å². The van der Waals surface area contributed by atoms with E-state index in [1.54, 1.807) is 0 Å². The summed E-state index contributed by atoms with van der Waals surface area (Å²) in [5.74, 6) is 0. The zero-order chi connectivity index (χ0) is 15.7. The average Bonchev–Trinajstić information content (AvgIpc) is 2.74. The summed E-state index contributed by atoms with van der Waals surface area (Å²) in [6, 6.07) is 0. The van der Waals surface area contributed by atoms with Crippen molar-refractivity contribution in [1.82, 2.24) is 9.55 Å². The molecule has 0 amide bonds. The van der Waals surface area contributed by atoms with E-state index >= 15 is 0 Å². The van der Waals surface area contributed by atoms with Gasteiger partial charge in [-0.1, -0.05) is 22.6 Å². The minimum absolute atomic E-state index is 0.0539. The number of aliphatic hydroxyl groups excluding tert-OH is 4. The van der Waals surface area contributed by atoms with Gasteiger partial charge < -0.3 is 25.2 Å². The quantitative estimate of drug-likeness (QED) is 0.273. The van der Waals surface area contributed by atoms with Crippen molar-refractivity contribution in [3.05, 3.63) is 32.6 Å². The van der Waals surface area contributed by atoms with Crippen LogP contribution in [-0.4, -0.2) is 59.3 Å². The number of ether oxygens (including phenoxy) is 1. The molecule has 1 fully saturated rings. The number of hydrogen-bond donors (Lipinski definition) is 5. The van der Waals surface area contributed by atoms with E-state index in [9.17, 15) is 24.9 Å². The summed E-state index contributed by atoms with van der Waals surface area (Å²) in [5, 5.41) is 38.4. The first-order chi connectivity index (χ1) is 9.90. The fourth-order valence-electron chi connectivity index (χ4n) is 2.12. The zero-order valence-electron chi connectivity index (χ0n) is 10.7. The van der Waals surface area contributed by atoms with E-state index in [4.69, 9.17) is 9.84 Å². The number of aromatic amines is 1. The fourth-order valence-corrected chi connectivity index (χ4v) is 2.59. The average molecular weight is 414 g/mol. The molecule has 0 saturated carbocycles. The van der Waals surface area contributed by atoms with Gasteiger partial charge in [-0.15, -0.1) is 0 Å². The van der Waals surface area contributed by atoms with Gasteiger partial charge in [0.25, 0.3) is 5.56 Å². The number of halogens is 1. The maximum absolute atomic E-state index is 11.8. The van der Waals surface area contributed by atoms with E-state index in [2.05, 4.69) is 0 Å². The van der Waals surface area contributed by atoms with Crippen LogP contribution in [0, 0.1) is 0 Å². The monoisotopic (exact) mass is 414 g/mol. The third kappa shape index (κ3) is 3.05. The highest BCUT2D eigenvalue weighted by Crippen LogP contribution is 2.28. The van der Waals surface area contributed by atoms with E-state index in [1.807, 2.05) is 27.6 Å². The van der Waals surface area contributed by atoms with Gasteiger partial charge in [0.15, 0.2) is 6.23 Å². The highest BCUT2D eigenvalue weighted by atomic mass is 127. The molecule has 0 bridgehead atoms. The molecule has 1 aliphatic heterocycles. The number of rotatable bonds is 4. The van der Waals surface area contributed by atoms with Crippen LogP contribution in [0.3, 0.4) is 0 Å². The molecule has 1 saturated heterocycles. The molecule has 2 rings (SSSR count). The van der Waals surface area contributed by atoms with Gasteiger partial charge in [0.2, 0.25) is 0 Å². The SMILES string of the molecule is O=c1[nH]c(=O)n(C2O[C@H](CO)[C@@H](O)[C@H]2O)cc1C(O)CI. The number of H-pyrrole nitrogens is 1. The first kappa shape index (κ1) is 16.6. The second kappa shape index (κ2) is 6.54. The maximum atomic E-state index is 11.8. The van der Waals surface area contributed by atoms with Crippen molar-refractivity contribution in [2.75, 3.05) is 11.0 Å². The van der Waals surface area contributed by atoms with Gasteiger partial charge in [-0.3, -0.25) is 14.3 Å². The molecule has 21 heavy (non-hydrogen) atoms. The van der Waals surface area contributed by atoms with E-state index in [0.717, 1.165) is 10.8 Å². The van der Waals surface area contributed by atoms with Gasteiger partial charge in [-0.05, 0) is 0 Å². The summed E-state index contributed by atoms with van der Waals surface area (Å²) >= 11 is 1.88. The van der Waals surface area contributed by atoms with Crippen molar-refractivity contribution >= 4 is 22.6 Å². The van der Waals surface area contributed by atoms with Gasteiger partial charge in [0.05, 0.1) is 18.3 Å². The third-order valence-corrected chi connectivity index (χ3v) is 4.13. The molecular weight excluding hydrogens is 399 g/mol. The summed E-state index contributed by atoms with van der Waals surface area (Å²) < 4.78 is 6.33. The summed E-state index contributed by atoms with van der Waals surface area (Å²) in [6.07, 6.45) is -5.11. The van der Waals surface area contributed by atoms with Crippen LogP contribution in [0.25, 0.3) is 0 Å². The van der Waals surface area contributed by atoms with Crippen molar-refractivity contribution in [3.63, 3.8) is 0 Å². The summed E-state index contributed by atoms with van der Waals surface area (Å²) in [6.45, 7) is -0.532. The van der Waals surface area contributed by atoms with E-state index in [-0.39, 0.29) is 9.99 Å². The van der Waals surface area contributed by atoms with Gasteiger partial charge >= 0.3 is 5.69 Å². The molecular formula is C11H15IN2O7. The predicted molar refractivity (Wildman–Crippen MR) is 78.2 cm³/mol. The lowest BCUT2D eigenvalue weighted by Crippen LogP contribution is -2.39. The second-order valence-corrected chi connectivity index (χ2v) is 5.53. The number of hydrogen-bond acceptors (Lipinski definition) is 7. The second-order valence-electron chi connectivity index (χ2n) is 4.65. The van der Waals surface area contributed by atoms with Crippen LogP contribution < -0.4 is 11.2 Å². The first-order valence-electron chi connectivity index (χ1n) is 6.12. The first-order valence-corrected chi connectivity index (χ1v) is 7.65. The molecule has 0 aromatic carbocycles. The lowest BCUT2D eigenvalue weighted by Gasteiger charge is -2.18. The Morgan fingerprint density at radius 2 is 2.05 bits per heavy atom. The summed E-state index contributed by atoms with van der Waals surface area (Å²) in [5.41, 5.74) is -1.63. The van der Waals surface area contributed by atoms with Crippen LogP contribution in [0.2, 0.25) is 0 Å². The molecule has 0 spiro atoms. The molecule has 2 unspecified atom stereocenters. The molecule has 1 aliphatic rings. The Hall–Kier alpha value is -0.790. The van der Waals surface area contributed by atoms with Crippen molar-refractivity contribution in [2.45, 2.75) is 30.6 Å². The van der Waals surface area contributed by atoms with Crippen LogP contribution in [-0.2, 0) is 4.74 Å². The molecule has 0 aliphatic carbocycles. The largest absolute Gasteiger partial charge is 0.394 e. The number of alkyl halides is 1. The Labute approximate surface area is 132 Å². The molecule has 5 N–H and O–H groups in total. The topological polar surface area (TPSA) is 145 Å². The van der Waals surface area contributed by atoms with E-state index < -0.39 is 48.5 Å². The summed E-state index contributed by atoms with van der Waals surface area (Å²) in [7, 11) is 0. The number of aromatic nitrogens is 2. The van der Waals surface area contributed by atoms with Crippen LogP contribution in [0.5, 0.6) is 0 Å². The van der Waals surface area contributed by atoms with Gasteiger partial charge in [-0.25, -0.2) is 4.79 Å². The lowest BCUT2D eigenvalue weighted by molar-refractivity contribution is -0.0553. The van der Waals surface area contributed by atoms with E-state index in [0.29, 0.717) is 0 Å². The Morgan fingerprint density at radius 3 is 2.57 bits per heavy atom. The predicted octanol–water partition coefficient (Wildman–Crippen LogP) is -2.38. The molecule has 10 heteroatoms. The molecule has 1 aromatic heterocycles. The molecule has 9 nitrogen and oxygen atoms in total. The van der Waals surface area contributed by atoms with E-state index in [1.165, 1.54) is 0 Å². The molecule has 1 aromatic rings. The van der Waals surface area contributed by atoms with Crippen LogP contribution in [0.1, 0.15) is 17.9 Å². The minimum Gasteiger partial charge on any atom is -0.394 e. The Bertz CT molecular complexity index is 615. The normalized spacial score (nSPS) is 30.5. The molecule has 2 heterocycles. The minimum atomic E-state index is -1.45. The van der Waals surface area contributed by atoms with Crippen LogP contribution >= 0.6 is 22.6 Å². The van der Waals surface area contributed by atoms with Crippen LogP contribution in [0.15, 0.2) is 15.8 Å². The smallest absolute Gasteiger partial charge is 0.330 e. The Morgan fingerprint density at radius 1 is 1.38 bits per heavy atom. The van der Waals surface area contributed by atoms with Crippen molar-refractivity contribution in [1.29, 1.82) is 0 Å². The summed E-state index contributed by atoms with van der Waals surface area (Å²) in [4.78, 5) is 25.5. The van der Waals surface area contributed by atoms with Crippen LogP contribution in [0.4, 0.5) is 0 Å². The van der Waals surface area contributed by atoms with Crippen molar-refractivity contribution < 1.29 is 25.2 Å². The number of nitrogens with zero attached hydrogens (tertiary/aromatic N) is 1. The van der Waals surface area contributed by atoms with Crippen molar-refractivity contribution in [3.8, 4) is 0 Å². The lowest BCUT2D eigenvalue weighted by atomic mass is 10.1. The maximum Gasteiger partial charge on any atom is 0.330 e. The Kier molecular flexibility index (Phi) is 5.16. The van der Waals surface area contributed by atoms with Gasteiger partial charge in [-0.2, -0.15) is 0 Å². The highest BCUT2D eigenvalue weighted by Gasteiger charge is 2.43. The zero-order valence-corrected chi connectivity index (χ0v) is 12.9. The standard InChI is InChI=1S/C11H15IN2O7/c12-1-5(16)4-2-14(11(20)13-9(4)19)10-8(18)7(17)6(3-15)21-10/h2,5-8,10,15-18H,1,3H2,(H,13,19,20)/t5?,6-,7-,8-,10?/m1/s1. The Balaban J connectivity index is 2.45. The third-order valence-electron chi connectivity index (χ3n) is 3.29. The van der Waals surface area contributed by atoms with Gasteiger partial charge in [0.1, 0.15) is 18.3 Å². The fraction of sp³-hybridized carbons (Fsp3) is 0.636. The number of nitrogens with one attached hydrogen (secondary N) is 1. The number of aliphatic hydroxyl groups is 4. The molecule has 118 valence electrons. The molecule has 5 atom stereocenters.